The summed E-state index contributed by atoms with van der Waals surface area (Å²) in [5.74, 6) is -1.18. The van der Waals surface area contributed by atoms with Crippen LogP contribution in [0.3, 0.4) is 0 Å². The van der Waals surface area contributed by atoms with Gasteiger partial charge in [0.25, 0.3) is 5.91 Å². The molecule has 1 heterocycles. The highest BCUT2D eigenvalue weighted by Gasteiger charge is 2.17. The second kappa shape index (κ2) is 3.17. The minimum absolute atomic E-state index is 0.196. The van der Waals surface area contributed by atoms with Gasteiger partial charge in [-0.15, -0.1) is 0 Å². The highest BCUT2D eigenvalue weighted by atomic mass is 16.2. The Kier molecular flexibility index (Phi) is 2.23. The van der Waals surface area contributed by atoms with Crippen molar-refractivity contribution in [1.82, 2.24) is 0 Å². The van der Waals surface area contributed by atoms with Crippen molar-refractivity contribution >= 4 is 17.5 Å². The quantitative estimate of drug-likeness (QED) is 0.501. The molecule has 0 saturated heterocycles. The standard InChI is InChI=1S/C7H9N3O2/c8-6(11)4-2-1-3-5(10-4)7(9)12/h1-2,4H,3H2,(H2,8,11)(H2,9,12). The van der Waals surface area contributed by atoms with E-state index in [9.17, 15) is 9.59 Å². The smallest absolute Gasteiger partial charge is 0.262 e. The number of aliphatic imine (C=N–C) groups is 1. The third-order valence-electron chi connectivity index (χ3n) is 1.50. The molecule has 4 N–H and O–H groups in total. The Morgan fingerprint density at radius 3 is 2.67 bits per heavy atom. The van der Waals surface area contributed by atoms with Gasteiger partial charge in [-0.25, -0.2) is 0 Å². The van der Waals surface area contributed by atoms with Crippen molar-refractivity contribution in [2.24, 2.45) is 16.5 Å². The van der Waals surface area contributed by atoms with E-state index >= 15 is 0 Å². The highest BCUT2D eigenvalue weighted by Crippen LogP contribution is 2.04. The zero-order valence-electron chi connectivity index (χ0n) is 6.36. The van der Waals surface area contributed by atoms with Gasteiger partial charge in [0.05, 0.1) is 0 Å². The van der Waals surface area contributed by atoms with E-state index in [2.05, 4.69) is 4.99 Å². The molecule has 0 aromatic heterocycles. The minimum atomic E-state index is -0.735. The van der Waals surface area contributed by atoms with E-state index in [1.807, 2.05) is 0 Å². The van der Waals surface area contributed by atoms with E-state index < -0.39 is 17.9 Å². The fraction of sp³-hybridized carbons (Fsp3) is 0.286. The SMILES string of the molecule is NC(=O)C1=NC(C(N)=O)C=CC1. The number of dihydropyridines is 1. The molecule has 1 rings (SSSR count). The fourth-order valence-corrected chi connectivity index (χ4v) is 0.895. The molecular formula is C7H9N3O2. The van der Waals surface area contributed by atoms with E-state index in [4.69, 9.17) is 11.5 Å². The predicted molar refractivity (Wildman–Crippen MR) is 43.4 cm³/mol. The van der Waals surface area contributed by atoms with Crippen molar-refractivity contribution in [2.45, 2.75) is 12.5 Å². The van der Waals surface area contributed by atoms with Crippen LogP contribution in [0.5, 0.6) is 0 Å². The first kappa shape index (κ1) is 8.45. The molecule has 0 fully saturated rings. The lowest BCUT2D eigenvalue weighted by Crippen LogP contribution is -2.32. The monoisotopic (exact) mass is 167 g/mol. The summed E-state index contributed by atoms with van der Waals surface area (Å²) >= 11 is 0. The molecule has 5 heteroatoms. The molecule has 0 aromatic rings. The van der Waals surface area contributed by atoms with Crippen molar-refractivity contribution in [1.29, 1.82) is 0 Å². The minimum Gasteiger partial charge on any atom is -0.368 e. The van der Waals surface area contributed by atoms with Crippen LogP contribution in [0.2, 0.25) is 0 Å². The van der Waals surface area contributed by atoms with Crippen molar-refractivity contribution in [3.63, 3.8) is 0 Å². The molecular weight excluding hydrogens is 158 g/mol. The van der Waals surface area contributed by atoms with Crippen LogP contribution in [-0.2, 0) is 9.59 Å². The number of carbonyl (C=O) groups is 2. The Morgan fingerprint density at radius 2 is 2.17 bits per heavy atom. The molecule has 0 aliphatic carbocycles. The van der Waals surface area contributed by atoms with Crippen LogP contribution in [0.15, 0.2) is 17.1 Å². The lowest BCUT2D eigenvalue weighted by atomic mass is 10.1. The van der Waals surface area contributed by atoms with Gasteiger partial charge in [0, 0.05) is 6.42 Å². The highest BCUT2D eigenvalue weighted by molar-refractivity contribution is 6.39. The number of amides is 2. The number of hydrogen-bond acceptors (Lipinski definition) is 3. The van der Waals surface area contributed by atoms with Gasteiger partial charge in [0.1, 0.15) is 11.8 Å². The Labute approximate surface area is 69.1 Å². The molecule has 0 bridgehead atoms. The van der Waals surface area contributed by atoms with Gasteiger partial charge in [-0.05, 0) is 0 Å². The summed E-state index contributed by atoms with van der Waals surface area (Å²) in [6.07, 6.45) is 3.58. The molecule has 1 unspecified atom stereocenters. The summed E-state index contributed by atoms with van der Waals surface area (Å²) < 4.78 is 0. The van der Waals surface area contributed by atoms with Gasteiger partial charge in [-0.3, -0.25) is 14.6 Å². The largest absolute Gasteiger partial charge is 0.368 e. The van der Waals surface area contributed by atoms with Crippen LogP contribution >= 0.6 is 0 Å². The Morgan fingerprint density at radius 1 is 1.50 bits per heavy atom. The zero-order chi connectivity index (χ0) is 9.14. The first-order valence-electron chi connectivity index (χ1n) is 3.43. The summed E-state index contributed by atoms with van der Waals surface area (Å²) in [5.41, 5.74) is 10.1. The van der Waals surface area contributed by atoms with Gasteiger partial charge >= 0.3 is 0 Å². The van der Waals surface area contributed by atoms with Crippen LogP contribution in [0, 0.1) is 0 Å². The van der Waals surface area contributed by atoms with Gasteiger partial charge in [-0.1, -0.05) is 12.2 Å². The molecule has 1 aliphatic heterocycles. The zero-order valence-corrected chi connectivity index (χ0v) is 6.36. The molecule has 0 spiro atoms. The van der Waals surface area contributed by atoms with Crippen molar-refractivity contribution < 1.29 is 9.59 Å². The van der Waals surface area contributed by atoms with Gasteiger partial charge in [0.15, 0.2) is 0 Å². The molecule has 0 saturated carbocycles. The number of rotatable bonds is 2. The topological polar surface area (TPSA) is 98.5 Å². The van der Waals surface area contributed by atoms with Gasteiger partial charge in [-0.2, -0.15) is 0 Å². The third-order valence-corrected chi connectivity index (χ3v) is 1.50. The number of primary amides is 2. The van der Waals surface area contributed by atoms with Crippen LogP contribution in [0.25, 0.3) is 0 Å². The van der Waals surface area contributed by atoms with Crippen LogP contribution < -0.4 is 11.5 Å². The second-order valence-corrected chi connectivity index (χ2v) is 2.42. The second-order valence-electron chi connectivity index (χ2n) is 2.42. The summed E-state index contributed by atoms with van der Waals surface area (Å²) in [6.45, 7) is 0. The third kappa shape index (κ3) is 1.69. The first-order chi connectivity index (χ1) is 5.61. The van der Waals surface area contributed by atoms with E-state index in [0.717, 1.165) is 0 Å². The van der Waals surface area contributed by atoms with E-state index in [1.54, 1.807) is 12.2 Å². The van der Waals surface area contributed by atoms with Crippen molar-refractivity contribution in [2.75, 3.05) is 0 Å². The van der Waals surface area contributed by atoms with Crippen LogP contribution in [-0.4, -0.2) is 23.6 Å². The van der Waals surface area contributed by atoms with Crippen molar-refractivity contribution in [3.05, 3.63) is 12.2 Å². The lowest BCUT2D eigenvalue weighted by molar-refractivity contribution is -0.118. The summed E-state index contributed by atoms with van der Waals surface area (Å²) in [4.78, 5) is 25.0. The summed E-state index contributed by atoms with van der Waals surface area (Å²) in [6, 6.07) is -0.735. The molecule has 12 heavy (non-hydrogen) atoms. The maximum Gasteiger partial charge on any atom is 0.262 e. The predicted octanol–water partition coefficient (Wildman–Crippen LogP) is -1.27. The first-order valence-corrected chi connectivity index (χ1v) is 3.43. The van der Waals surface area contributed by atoms with Crippen LogP contribution in [0.1, 0.15) is 6.42 Å². The molecule has 2 amide bonds. The molecule has 5 nitrogen and oxygen atoms in total. The number of nitrogens with zero attached hydrogens (tertiary/aromatic N) is 1. The number of nitrogens with two attached hydrogens (primary N) is 2. The average molecular weight is 167 g/mol. The number of carbonyl (C=O) groups excluding carboxylic acids is 2. The molecule has 1 aliphatic rings. The molecule has 64 valence electrons. The Bertz CT molecular complexity index is 280. The van der Waals surface area contributed by atoms with Gasteiger partial charge < -0.3 is 11.5 Å². The average Bonchev–Trinajstić information content (AvgIpc) is 2.04. The number of hydrogen-bond donors (Lipinski definition) is 2. The molecule has 0 aromatic carbocycles. The summed E-state index contributed by atoms with van der Waals surface area (Å²) in [5, 5.41) is 0. The maximum atomic E-state index is 10.6. The fourth-order valence-electron chi connectivity index (χ4n) is 0.895. The normalized spacial score (nSPS) is 21.7. The number of allylic oxidation sites excluding steroid dienone is 1. The van der Waals surface area contributed by atoms with Gasteiger partial charge in [0.2, 0.25) is 5.91 Å². The molecule has 1 atom stereocenters. The Balaban J connectivity index is 2.81. The van der Waals surface area contributed by atoms with Crippen molar-refractivity contribution in [3.8, 4) is 0 Å². The maximum absolute atomic E-state index is 10.6. The van der Waals surface area contributed by atoms with E-state index in [1.165, 1.54) is 0 Å². The lowest BCUT2D eigenvalue weighted by Gasteiger charge is -2.09. The Hall–Kier alpha value is -1.65. The summed E-state index contributed by atoms with van der Waals surface area (Å²) in [7, 11) is 0. The van der Waals surface area contributed by atoms with E-state index in [-0.39, 0.29) is 5.71 Å². The van der Waals surface area contributed by atoms with E-state index in [0.29, 0.717) is 6.42 Å². The molecule has 0 radical (unpaired) electrons. The van der Waals surface area contributed by atoms with Crippen LogP contribution in [0.4, 0.5) is 0 Å².